The van der Waals surface area contributed by atoms with E-state index in [1.807, 2.05) is 18.7 Å². The van der Waals surface area contributed by atoms with E-state index < -0.39 is 0 Å². The fraction of sp³-hybridized carbons (Fsp3) is 0.643. The van der Waals surface area contributed by atoms with Gasteiger partial charge in [0.15, 0.2) is 0 Å². The average molecular weight is 296 g/mol. The Hall–Kier alpha value is -0.520. The standard InChI is InChI=1S/C14H20N2OS2/c1-9-14(17)16(11-3-4-12(7-11)18-2)13(15-9)10-5-6-19-8-10/h5-6,8-9,11-13,15H,3-4,7H2,1-2H3. The van der Waals surface area contributed by atoms with Gasteiger partial charge in [0.05, 0.1) is 6.04 Å². The van der Waals surface area contributed by atoms with Crippen molar-refractivity contribution >= 4 is 29.0 Å². The van der Waals surface area contributed by atoms with E-state index in [-0.39, 0.29) is 18.1 Å². The molecule has 1 saturated heterocycles. The van der Waals surface area contributed by atoms with Gasteiger partial charge in [0.1, 0.15) is 6.17 Å². The van der Waals surface area contributed by atoms with Gasteiger partial charge in [0.2, 0.25) is 5.91 Å². The molecule has 1 aliphatic carbocycles. The van der Waals surface area contributed by atoms with Crippen LogP contribution >= 0.6 is 23.1 Å². The number of thioether (sulfide) groups is 1. The van der Waals surface area contributed by atoms with Crippen molar-refractivity contribution in [1.29, 1.82) is 0 Å². The molecule has 5 heteroatoms. The van der Waals surface area contributed by atoms with Crippen molar-refractivity contribution in [2.75, 3.05) is 6.26 Å². The summed E-state index contributed by atoms with van der Waals surface area (Å²) < 4.78 is 0. The van der Waals surface area contributed by atoms with Gasteiger partial charge in [-0.05, 0) is 54.8 Å². The molecule has 0 spiro atoms. The lowest BCUT2D eigenvalue weighted by molar-refractivity contribution is -0.132. The van der Waals surface area contributed by atoms with E-state index in [1.165, 1.54) is 12.0 Å². The molecule has 2 heterocycles. The summed E-state index contributed by atoms with van der Waals surface area (Å²) >= 11 is 3.64. The van der Waals surface area contributed by atoms with Gasteiger partial charge >= 0.3 is 0 Å². The molecule has 1 N–H and O–H groups in total. The monoisotopic (exact) mass is 296 g/mol. The van der Waals surface area contributed by atoms with Crippen LogP contribution in [0.15, 0.2) is 16.8 Å². The van der Waals surface area contributed by atoms with Gasteiger partial charge in [-0.25, -0.2) is 0 Å². The van der Waals surface area contributed by atoms with Crippen LogP contribution in [-0.2, 0) is 4.79 Å². The van der Waals surface area contributed by atoms with Crippen LogP contribution in [0.3, 0.4) is 0 Å². The summed E-state index contributed by atoms with van der Waals surface area (Å²) in [6, 6.07) is 2.48. The first kappa shape index (κ1) is 13.5. The summed E-state index contributed by atoms with van der Waals surface area (Å²) in [6.07, 6.45) is 5.78. The third-order valence-corrected chi connectivity index (χ3v) is 6.05. The molecule has 0 radical (unpaired) electrons. The lowest BCUT2D eigenvalue weighted by Gasteiger charge is -2.30. The van der Waals surface area contributed by atoms with Crippen molar-refractivity contribution in [1.82, 2.24) is 10.2 Å². The van der Waals surface area contributed by atoms with Gasteiger partial charge < -0.3 is 4.90 Å². The first-order valence-corrected chi connectivity index (χ1v) is 9.07. The first-order valence-electron chi connectivity index (χ1n) is 6.84. The topological polar surface area (TPSA) is 32.3 Å². The molecule has 0 aromatic carbocycles. The molecule has 2 fully saturated rings. The highest BCUT2D eigenvalue weighted by atomic mass is 32.2. The summed E-state index contributed by atoms with van der Waals surface area (Å²) in [5.41, 5.74) is 1.23. The van der Waals surface area contributed by atoms with E-state index in [4.69, 9.17) is 0 Å². The van der Waals surface area contributed by atoms with Crippen molar-refractivity contribution in [2.45, 2.75) is 49.7 Å². The molecule has 1 amide bonds. The summed E-state index contributed by atoms with van der Waals surface area (Å²) in [5.74, 6) is 0.267. The van der Waals surface area contributed by atoms with Crippen LogP contribution in [0.1, 0.15) is 37.9 Å². The van der Waals surface area contributed by atoms with Gasteiger partial charge in [-0.15, -0.1) is 0 Å². The number of hydrogen-bond acceptors (Lipinski definition) is 4. The number of thiophene rings is 1. The second kappa shape index (κ2) is 5.46. The number of carbonyl (C=O) groups is 1. The van der Waals surface area contributed by atoms with Crippen LogP contribution in [0.4, 0.5) is 0 Å². The van der Waals surface area contributed by atoms with Crippen LogP contribution in [0.25, 0.3) is 0 Å². The summed E-state index contributed by atoms with van der Waals surface area (Å²) in [4.78, 5) is 14.6. The van der Waals surface area contributed by atoms with E-state index in [0.717, 1.165) is 18.1 Å². The van der Waals surface area contributed by atoms with Crippen LogP contribution in [0.5, 0.6) is 0 Å². The third kappa shape index (κ3) is 2.43. The number of carbonyl (C=O) groups excluding carboxylic acids is 1. The molecule has 19 heavy (non-hydrogen) atoms. The Morgan fingerprint density at radius 3 is 2.95 bits per heavy atom. The van der Waals surface area contributed by atoms with Crippen LogP contribution in [-0.4, -0.2) is 34.4 Å². The molecule has 2 aliphatic rings. The minimum Gasteiger partial charge on any atom is -0.319 e. The van der Waals surface area contributed by atoms with Crippen molar-refractivity contribution in [2.24, 2.45) is 0 Å². The van der Waals surface area contributed by atoms with Gasteiger partial charge in [0.25, 0.3) is 0 Å². The van der Waals surface area contributed by atoms with Crippen LogP contribution < -0.4 is 5.32 Å². The lowest BCUT2D eigenvalue weighted by atomic mass is 10.1. The second-order valence-corrected chi connectivity index (χ2v) is 7.34. The first-order chi connectivity index (χ1) is 9.20. The Balaban J connectivity index is 1.82. The zero-order chi connectivity index (χ0) is 13.4. The highest BCUT2D eigenvalue weighted by molar-refractivity contribution is 7.99. The van der Waals surface area contributed by atoms with Gasteiger partial charge in [0, 0.05) is 11.3 Å². The van der Waals surface area contributed by atoms with Crippen LogP contribution in [0, 0.1) is 0 Å². The Morgan fingerprint density at radius 2 is 2.32 bits per heavy atom. The molecule has 1 aromatic rings. The van der Waals surface area contributed by atoms with E-state index in [2.05, 4.69) is 33.3 Å². The third-order valence-electron chi connectivity index (χ3n) is 4.25. The zero-order valence-corrected chi connectivity index (χ0v) is 13.0. The summed E-state index contributed by atoms with van der Waals surface area (Å²) in [7, 11) is 0. The molecular formula is C14H20N2OS2. The van der Waals surface area contributed by atoms with Gasteiger partial charge in [-0.3, -0.25) is 10.1 Å². The minimum atomic E-state index is -0.0572. The Morgan fingerprint density at radius 1 is 1.47 bits per heavy atom. The molecule has 104 valence electrons. The Labute approximate surface area is 122 Å². The SMILES string of the molecule is CSC1CCC(N2C(=O)C(C)NC2c2ccsc2)C1. The largest absolute Gasteiger partial charge is 0.319 e. The van der Waals surface area contributed by atoms with Crippen LogP contribution in [0.2, 0.25) is 0 Å². The smallest absolute Gasteiger partial charge is 0.241 e. The minimum absolute atomic E-state index is 0.0572. The number of amides is 1. The normalized spacial score (nSPS) is 35.3. The maximum Gasteiger partial charge on any atom is 0.241 e. The fourth-order valence-electron chi connectivity index (χ4n) is 3.20. The van der Waals surface area contributed by atoms with Gasteiger partial charge in [-0.2, -0.15) is 23.1 Å². The maximum atomic E-state index is 12.5. The van der Waals surface area contributed by atoms with Crippen molar-refractivity contribution < 1.29 is 4.79 Å². The van der Waals surface area contributed by atoms with E-state index in [1.54, 1.807) is 11.3 Å². The second-order valence-electron chi connectivity index (χ2n) is 5.42. The molecule has 1 aliphatic heterocycles. The summed E-state index contributed by atoms with van der Waals surface area (Å²) in [6.45, 7) is 1.97. The van der Waals surface area contributed by atoms with Crippen molar-refractivity contribution in [3.63, 3.8) is 0 Å². The fourth-order valence-corrected chi connectivity index (χ4v) is 4.67. The zero-order valence-electron chi connectivity index (χ0n) is 11.3. The predicted molar refractivity (Wildman–Crippen MR) is 81.4 cm³/mol. The average Bonchev–Trinajstić information content (AvgIpc) is 3.11. The highest BCUT2D eigenvalue weighted by Gasteiger charge is 2.43. The lowest BCUT2D eigenvalue weighted by Crippen LogP contribution is -2.38. The molecule has 1 aromatic heterocycles. The van der Waals surface area contributed by atoms with Gasteiger partial charge in [-0.1, -0.05) is 0 Å². The van der Waals surface area contributed by atoms with E-state index in [0.29, 0.717) is 6.04 Å². The molecule has 3 rings (SSSR count). The van der Waals surface area contributed by atoms with Crippen molar-refractivity contribution in [3.05, 3.63) is 22.4 Å². The summed E-state index contributed by atoms with van der Waals surface area (Å²) in [5, 5.41) is 8.40. The van der Waals surface area contributed by atoms with E-state index in [9.17, 15) is 4.79 Å². The Kier molecular flexibility index (Phi) is 3.87. The Bertz CT molecular complexity index is 448. The molecular weight excluding hydrogens is 276 g/mol. The molecule has 4 unspecified atom stereocenters. The van der Waals surface area contributed by atoms with E-state index >= 15 is 0 Å². The quantitative estimate of drug-likeness (QED) is 0.931. The molecule has 0 bridgehead atoms. The van der Waals surface area contributed by atoms with Crippen molar-refractivity contribution in [3.8, 4) is 0 Å². The number of nitrogens with one attached hydrogen (secondary N) is 1. The number of rotatable bonds is 3. The molecule has 1 saturated carbocycles. The molecule has 4 atom stereocenters. The number of hydrogen-bond donors (Lipinski definition) is 1. The maximum absolute atomic E-state index is 12.5. The highest BCUT2D eigenvalue weighted by Crippen LogP contribution is 2.37. The predicted octanol–water partition coefficient (Wildman–Crippen LogP) is 2.85. The number of nitrogens with zero attached hydrogens (tertiary/aromatic N) is 1. The molecule has 3 nitrogen and oxygen atoms in total.